The highest BCUT2D eigenvalue weighted by Gasteiger charge is 2.13. The molecule has 4 heteroatoms. The summed E-state index contributed by atoms with van der Waals surface area (Å²) in [6.45, 7) is 6.18. The van der Waals surface area contributed by atoms with Crippen molar-refractivity contribution in [2.75, 3.05) is 5.75 Å². The number of thioether (sulfide) groups is 1. The van der Waals surface area contributed by atoms with E-state index in [0.717, 1.165) is 23.4 Å². The van der Waals surface area contributed by atoms with Crippen LogP contribution in [0.4, 0.5) is 0 Å². The Bertz CT molecular complexity index is 640. The lowest BCUT2D eigenvalue weighted by Crippen LogP contribution is -2.30. The Balaban J connectivity index is 1.83. The van der Waals surface area contributed by atoms with E-state index in [4.69, 9.17) is 0 Å². The first-order chi connectivity index (χ1) is 11.1. The summed E-state index contributed by atoms with van der Waals surface area (Å²) in [5, 5.41) is 3.08. The fourth-order valence-electron chi connectivity index (χ4n) is 2.33. The molecule has 0 radical (unpaired) electrons. The highest BCUT2D eigenvalue weighted by molar-refractivity contribution is 7.99. The number of nitrogens with one attached hydrogen (secondary N) is 1. The van der Waals surface area contributed by atoms with Crippen molar-refractivity contribution < 1.29 is 4.79 Å². The smallest absolute Gasteiger partial charge is 0.230 e. The van der Waals surface area contributed by atoms with Gasteiger partial charge in [0.05, 0.1) is 17.5 Å². The number of benzene rings is 1. The summed E-state index contributed by atoms with van der Waals surface area (Å²) in [5.74, 6) is 1.40. The number of aromatic nitrogens is 1. The molecule has 1 amide bonds. The van der Waals surface area contributed by atoms with Crippen LogP contribution >= 0.6 is 11.8 Å². The summed E-state index contributed by atoms with van der Waals surface area (Å²) in [4.78, 5) is 16.6. The third kappa shape index (κ3) is 5.39. The van der Waals surface area contributed by atoms with E-state index in [1.165, 1.54) is 11.1 Å². The Kier molecular flexibility index (Phi) is 6.66. The van der Waals surface area contributed by atoms with Crippen LogP contribution in [0.2, 0.25) is 0 Å². The van der Waals surface area contributed by atoms with Crippen molar-refractivity contribution >= 4 is 17.7 Å². The number of hydrogen-bond donors (Lipinski definition) is 1. The molecule has 0 fully saturated rings. The molecule has 0 unspecified atom stereocenters. The normalized spacial score (nSPS) is 12.0. The quantitative estimate of drug-likeness (QED) is 0.828. The molecule has 122 valence electrons. The SMILES string of the molecule is CC[C@H](NC(=O)CSCc1ccccc1C)c1ccc(C)cn1. The fourth-order valence-corrected chi connectivity index (χ4v) is 3.25. The first-order valence-corrected chi connectivity index (χ1v) is 9.09. The predicted molar refractivity (Wildman–Crippen MR) is 97.5 cm³/mol. The van der Waals surface area contributed by atoms with E-state index in [0.29, 0.717) is 5.75 Å². The Morgan fingerprint density at radius 1 is 1.22 bits per heavy atom. The van der Waals surface area contributed by atoms with Gasteiger partial charge in [-0.25, -0.2) is 0 Å². The minimum absolute atomic E-state index is 0.0119. The zero-order valence-corrected chi connectivity index (χ0v) is 14.8. The van der Waals surface area contributed by atoms with Crippen LogP contribution in [-0.2, 0) is 10.5 Å². The third-order valence-corrected chi connectivity index (χ3v) is 4.77. The Hall–Kier alpha value is -1.81. The van der Waals surface area contributed by atoms with Crippen molar-refractivity contribution in [3.05, 3.63) is 65.0 Å². The van der Waals surface area contributed by atoms with E-state index in [-0.39, 0.29) is 11.9 Å². The molecular formula is C19H24N2OS. The van der Waals surface area contributed by atoms with Crippen LogP contribution in [-0.4, -0.2) is 16.6 Å². The van der Waals surface area contributed by atoms with Gasteiger partial charge in [0.25, 0.3) is 0 Å². The van der Waals surface area contributed by atoms with Gasteiger partial charge < -0.3 is 5.32 Å². The van der Waals surface area contributed by atoms with E-state index in [1.807, 2.05) is 37.4 Å². The zero-order chi connectivity index (χ0) is 16.7. The number of carbonyl (C=O) groups excluding carboxylic acids is 1. The minimum atomic E-state index is -0.0119. The molecule has 23 heavy (non-hydrogen) atoms. The predicted octanol–water partition coefficient (Wildman–Crippen LogP) is 4.20. The average molecular weight is 328 g/mol. The number of hydrogen-bond acceptors (Lipinski definition) is 3. The van der Waals surface area contributed by atoms with Crippen LogP contribution in [0.15, 0.2) is 42.6 Å². The Labute approximate surface area is 142 Å². The molecule has 0 saturated heterocycles. The van der Waals surface area contributed by atoms with Gasteiger partial charge in [0.1, 0.15) is 0 Å². The second kappa shape index (κ2) is 8.73. The number of rotatable bonds is 7. The molecule has 3 nitrogen and oxygen atoms in total. The summed E-state index contributed by atoms with van der Waals surface area (Å²) in [5.41, 5.74) is 4.62. The van der Waals surface area contributed by atoms with Crippen molar-refractivity contribution in [3.63, 3.8) is 0 Å². The first-order valence-electron chi connectivity index (χ1n) is 7.94. The Morgan fingerprint density at radius 2 is 2.00 bits per heavy atom. The van der Waals surface area contributed by atoms with Crippen LogP contribution < -0.4 is 5.32 Å². The fraction of sp³-hybridized carbons (Fsp3) is 0.368. The van der Waals surface area contributed by atoms with Crippen molar-refractivity contribution in [1.29, 1.82) is 0 Å². The molecule has 1 aromatic carbocycles. The van der Waals surface area contributed by atoms with Crippen molar-refractivity contribution in [1.82, 2.24) is 10.3 Å². The minimum Gasteiger partial charge on any atom is -0.347 e. The number of nitrogens with zero attached hydrogens (tertiary/aromatic N) is 1. The molecule has 0 bridgehead atoms. The standard InChI is InChI=1S/C19H24N2OS/c1-4-17(18-10-9-14(2)11-20-18)21-19(22)13-23-12-16-8-6-5-7-15(16)3/h5-11,17H,4,12-13H2,1-3H3,(H,21,22)/t17-/m0/s1. The molecule has 2 rings (SSSR count). The maximum Gasteiger partial charge on any atom is 0.230 e. The molecule has 0 spiro atoms. The number of aryl methyl sites for hydroxylation is 2. The molecule has 0 aliphatic heterocycles. The van der Waals surface area contributed by atoms with Gasteiger partial charge >= 0.3 is 0 Å². The molecule has 1 atom stereocenters. The van der Waals surface area contributed by atoms with Gasteiger partial charge in [0.15, 0.2) is 0 Å². The van der Waals surface area contributed by atoms with Gasteiger partial charge in [-0.1, -0.05) is 37.3 Å². The lowest BCUT2D eigenvalue weighted by molar-refractivity contribution is -0.119. The summed E-state index contributed by atoms with van der Waals surface area (Å²) >= 11 is 1.65. The number of carbonyl (C=O) groups is 1. The van der Waals surface area contributed by atoms with E-state index in [2.05, 4.69) is 36.3 Å². The van der Waals surface area contributed by atoms with E-state index < -0.39 is 0 Å². The average Bonchev–Trinajstić information content (AvgIpc) is 2.55. The topological polar surface area (TPSA) is 42.0 Å². The maximum absolute atomic E-state index is 12.2. The molecule has 2 aromatic rings. The molecular weight excluding hydrogens is 304 g/mol. The van der Waals surface area contributed by atoms with Crippen LogP contribution in [0.25, 0.3) is 0 Å². The molecule has 1 heterocycles. The molecule has 1 aromatic heterocycles. The molecule has 0 saturated carbocycles. The number of amides is 1. The largest absolute Gasteiger partial charge is 0.347 e. The highest BCUT2D eigenvalue weighted by Crippen LogP contribution is 2.17. The molecule has 1 N–H and O–H groups in total. The maximum atomic E-state index is 12.2. The lowest BCUT2D eigenvalue weighted by atomic mass is 10.1. The lowest BCUT2D eigenvalue weighted by Gasteiger charge is -2.16. The van der Waals surface area contributed by atoms with Crippen LogP contribution in [0.1, 0.15) is 41.8 Å². The van der Waals surface area contributed by atoms with Crippen molar-refractivity contribution in [2.24, 2.45) is 0 Å². The van der Waals surface area contributed by atoms with Crippen LogP contribution in [0.3, 0.4) is 0 Å². The second-order valence-electron chi connectivity index (χ2n) is 5.71. The third-order valence-electron chi connectivity index (χ3n) is 3.79. The zero-order valence-electron chi connectivity index (χ0n) is 14.0. The van der Waals surface area contributed by atoms with Crippen LogP contribution in [0, 0.1) is 13.8 Å². The van der Waals surface area contributed by atoms with Gasteiger partial charge in [-0.2, -0.15) is 0 Å². The summed E-state index contributed by atoms with van der Waals surface area (Å²) in [7, 11) is 0. The van der Waals surface area contributed by atoms with Gasteiger partial charge in [-0.3, -0.25) is 9.78 Å². The van der Waals surface area contributed by atoms with E-state index >= 15 is 0 Å². The van der Waals surface area contributed by atoms with Crippen molar-refractivity contribution in [2.45, 2.75) is 39.0 Å². The van der Waals surface area contributed by atoms with Gasteiger partial charge in [-0.15, -0.1) is 11.8 Å². The Morgan fingerprint density at radius 3 is 2.65 bits per heavy atom. The molecule has 0 aliphatic rings. The highest BCUT2D eigenvalue weighted by atomic mass is 32.2. The van der Waals surface area contributed by atoms with Gasteiger partial charge in [-0.05, 0) is 43.0 Å². The van der Waals surface area contributed by atoms with E-state index in [1.54, 1.807) is 11.8 Å². The van der Waals surface area contributed by atoms with Crippen molar-refractivity contribution in [3.8, 4) is 0 Å². The number of pyridine rings is 1. The first kappa shape index (κ1) is 17.5. The van der Waals surface area contributed by atoms with Crippen LogP contribution in [0.5, 0.6) is 0 Å². The van der Waals surface area contributed by atoms with Gasteiger partial charge in [0, 0.05) is 11.9 Å². The van der Waals surface area contributed by atoms with E-state index in [9.17, 15) is 4.79 Å². The van der Waals surface area contributed by atoms with Gasteiger partial charge in [0.2, 0.25) is 5.91 Å². The summed E-state index contributed by atoms with van der Waals surface area (Å²) in [6.07, 6.45) is 2.68. The second-order valence-corrected chi connectivity index (χ2v) is 6.69. The summed E-state index contributed by atoms with van der Waals surface area (Å²) in [6, 6.07) is 12.3. The summed E-state index contributed by atoms with van der Waals surface area (Å²) < 4.78 is 0. The monoisotopic (exact) mass is 328 g/mol. The molecule has 0 aliphatic carbocycles.